The van der Waals surface area contributed by atoms with E-state index >= 15 is 0 Å². The summed E-state index contributed by atoms with van der Waals surface area (Å²) in [5, 5.41) is 18.4. The Labute approximate surface area is 107 Å². The van der Waals surface area contributed by atoms with Crippen molar-refractivity contribution in [2.24, 2.45) is 0 Å². The molecule has 19 heavy (non-hydrogen) atoms. The summed E-state index contributed by atoms with van der Waals surface area (Å²) in [7, 11) is 0. The van der Waals surface area contributed by atoms with E-state index in [1.54, 1.807) is 6.07 Å². The lowest BCUT2D eigenvalue weighted by Gasteiger charge is -2.02. The zero-order valence-corrected chi connectivity index (χ0v) is 9.84. The number of aromatic amines is 1. The average Bonchev–Trinajstić information content (AvgIpc) is 2.78. The lowest BCUT2D eigenvalue weighted by atomic mass is 10.1. The molecule has 1 heterocycles. The van der Waals surface area contributed by atoms with Crippen LogP contribution < -0.4 is 5.32 Å². The van der Waals surface area contributed by atoms with E-state index in [0.717, 1.165) is 0 Å². The molecule has 0 saturated heterocycles. The minimum absolute atomic E-state index is 0.0779. The molecule has 7 nitrogen and oxygen atoms in total. The third kappa shape index (κ3) is 2.71. The number of carbonyl (C=O) groups is 2. The zero-order valence-electron chi connectivity index (χ0n) is 9.84. The quantitative estimate of drug-likeness (QED) is 0.730. The molecule has 1 aromatic carbocycles. The van der Waals surface area contributed by atoms with Crippen molar-refractivity contribution in [1.29, 1.82) is 0 Å². The minimum atomic E-state index is -1.05. The van der Waals surface area contributed by atoms with Gasteiger partial charge in [-0.05, 0) is 18.2 Å². The molecule has 1 amide bonds. The van der Waals surface area contributed by atoms with Crippen molar-refractivity contribution in [1.82, 2.24) is 10.2 Å². The Hall–Kier alpha value is -2.83. The molecule has 0 atom stereocenters. The third-order valence-corrected chi connectivity index (χ3v) is 2.36. The Morgan fingerprint density at radius 3 is 3.00 bits per heavy atom. The van der Waals surface area contributed by atoms with Crippen molar-refractivity contribution in [3.8, 4) is 0 Å². The Kier molecular flexibility index (Phi) is 3.46. The van der Waals surface area contributed by atoms with Gasteiger partial charge < -0.3 is 9.84 Å². The molecule has 98 valence electrons. The van der Waals surface area contributed by atoms with E-state index in [-0.39, 0.29) is 18.0 Å². The number of nitrogens with one attached hydrogen (secondary N) is 2. The predicted octanol–water partition coefficient (Wildman–Crippen LogP) is 2.00. The standard InChI is InChI=1S/C12H11N3O4/c1-2-5-19-12(18)13-10-8-6-7(11(16)17)3-4-9(8)14-15-10/h2-4,6H,1,5H2,(H,16,17)(H2,13,14,15,18). The molecule has 0 unspecified atom stereocenters. The van der Waals surface area contributed by atoms with Crippen molar-refractivity contribution in [2.45, 2.75) is 0 Å². The van der Waals surface area contributed by atoms with Crippen LogP contribution in [-0.4, -0.2) is 34.0 Å². The maximum absolute atomic E-state index is 11.4. The number of fused-ring (bicyclic) bond motifs is 1. The van der Waals surface area contributed by atoms with Gasteiger partial charge in [0.15, 0.2) is 5.82 Å². The molecule has 0 fully saturated rings. The highest BCUT2D eigenvalue weighted by atomic mass is 16.5. The molecule has 2 rings (SSSR count). The molecule has 3 N–H and O–H groups in total. The number of carboxylic acids is 1. The second-order valence-electron chi connectivity index (χ2n) is 3.65. The van der Waals surface area contributed by atoms with Crippen LogP contribution in [0.15, 0.2) is 30.9 Å². The fourth-order valence-electron chi connectivity index (χ4n) is 1.51. The SMILES string of the molecule is C=CCOC(=O)Nc1n[nH]c2ccc(C(=O)O)cc12. The highest BCUT2D eigenvalue weighted by molar-refractivity contribution is 6.00. The van der Waals surface area contributed by atoms with Crippen molar-refractivity contribution in [2.75, 3.05) is 11.9 Å². The van der Waals surface area contributed by atoms with E-state index in [1.807, 2.05) is 0 Å². The number of nitrogens with zero attached hydrogens (tertiary/aromatic N) is 1. The maximum Gasteiger partial charge on any atom is 0.413 e. The Bertz CT molecular complexity index is 647. The number of hydrogen-bond donors (Lipinski definition) is 3. The first-order valence-corrected chi connectivity index (χ1v) is 5.38. The molecule has 0 bridgehead atoms. The molecule has 0 radical (unpaired) electrons. The number of amides is 1. The number of carboxylic acid groups (broad SMARTS) is 1. The van der Waals surface area contributed by atoms with Crippen molar-refractivity contribution in [3.05, 3.63) is 36.4 Å². The van der Waals surface area contributed by atoms with E-state index in [2.05, 4.69) is 22.1 Å². The first-order chi connectivity index (χ1) is 9.11. The number of carbonyl (C=O) groups excluding carboxylic acids is 1. The van der Waals surface area contributed by atoms with E-state index < -0.39 is 12.1 Å². The molecule has 2 aromatic rings. The summed E-state index contributed by atoms with van der Waals surface area (Å²) in [6.07, 6.45) is 0.749. The summed E-state index contributed by atoms with van der Waals surface area (Å²) in [5.74, 6) is -0.838. The minimum Gasteiger partial charge on any atom is -0.478 e. The van der Waals surface area contributed by atoms with Gasteiger partial charge >= 0.3 is 12.1 Å². The van der Waals surface area contributed by atoms with Gasteiger partial charge in [-0.2, -0.15) is 5.10 Å². The molecule has 0 aliphatic heterocycles. The largest absolute Gasteiger partial charge is 0.478 e. The fourth-order valence-corrected chi connectivity index (χ4v) is 1.51. The van der Waals surface area contributed by atoms with Crippen LogP contribution in [0.1, 0.15) is 10.4 Å². The van der Waals surface area contributed by atoms with Gasteiger partial charge in [0.2, 0.25) is 0 Å². The molecule has 0 aliphatic rings. The van der Waals surface area contributed by atoms with Crippen molar-refractivity contribution >= 4 is 28.8 Å². The fraction of sp³-hybridized carbons (Fsp3) is 0.0833. The first-order valence-electron chi connectivity index (χ1n) is 5.38. The number of aromatic nitrogens is 2. The van der Waals surface area contributed by atoms with Gasteiger partial charge in [0.05, 0.1) is 11.1 Å². The molecular weight excluding hydrogens is 250 g/mol. The van der Waals surface area contributed by atoms with E-state index in [1.165, 1.54) is 18.2 Å². The smallest absolute Gasteiger partial charge is 0.413 e. The number of ether oxygens (including phenoxy) is 1. The van der Waals surface area contributed by atoms with Crippen LogP contribution >= 0.6 is 0 Å². The van der Waals surface area contributed by atoms with Crippen LogP contribution in [0.25, 0.3) is 10.9 Å². The summed E-state index contributed by atoms with van der Waals surface area (Å²) in [4.78, 5) is 22.3. The monoisotopic (exact) mass is 261 g/mol. The number of H-pyrrole nitrogens is 1. The molecule has 0 aliphatic carbocycles. The van der Waals surface area contributed by atoms with Gasteiger partial charge in [0, 0.05) is 5.39 Å². The van der Waals surface area contributed by atoms with Crippen LogP contribution in [0.5, 0.6) is 0 Å². The summed E-state index contributed by atoms with van der Waals surface area (Å²) >= 11 is 0. The molecular formula is C12H11N3O4. The van der Waals surface area contributed by atoms with Gasteiger partial charge in [0.1, 0.15) is 6.61 Å². The molecule has 7 heteroatoms. The van der Waals surface area contributed by atoms with Crippen LogP contribution in [0.3, 0.4) is 0 Å². The predicted molar refractivity (Wildman–Crippen MR) is 68.2 cm³/mol. The van der Waals surface area contributed by atoms with Crippen LogP contribution in [-0.2, 0) is 4.74 Å². The molecule has 0 saturated carbocycles. The average molecular weight is 261 g/mol. The normalized spacial score (nSPS) is 10.1. The second-order valence-corrected chi connectivity index (χ2v) is 3.65. The number of rotatable bonds is 4. The highest BCUT2D eigenvalue weighted by Crippen LogP contribution is 2.21. The second kappa shape index (κ2) is 5.21. The van der Waals surface area contributed by atoms with E-state index in [0.29, 0.717) is 10.9 Å². The maximum atomic E-state index is 11.4. The number of benzene rings is 1. The summed E-state index contributed by atoms with van der Waals surface area (Å²) < 4.78 is 4.75. The highest BCUT2D eigenvalue weighted by Gasteiger charge is 2.12. The van der Waals surface area contributed by atoms with Crippen LogP contribution in [0, 0.1) is 0 Å². The summed E-state index contributed by atoms with van der Waals surface area (Å²) in [6, 6.07) is 4.44. The van der Waals surface area contributed by atoms with Crippen LogP contribution in [0.4, 0.5) is 10.6 Å². The zero-order chi connectivity index (χ0) is 13.8. The van der Waals surface area contributed by atoms with Crippen molar-refractivity contribution < 1.29 is 19.4 Å². The van der Waals surface area contributed by atoms with Crippen LogP contribution in [0.2, 0.25) is 0 Å². The lowest BCUT2D eigenvalue weighted by Crippen LogP contribution is -2.14. The summed E-state index contributed by atoms with van der Waals surface area (Å²) in [6.45, 7) is 3.50. The lowest BCUT2D eigenvalue weighted by molar-refractivity contribution is 0.0697. The van der Waals surface area contributed by atoms with Gasteiger partial charge in [-0.25, -0.2) is 9.59 Å². The van der Waals surface area contributed by atoms with Gasteiger partial charge in [-0.1, -0.05) is 12.7 Å². The van der Waals surface area contributed by atoms with Gasteiger partial charge in [-0.3, -0.25) is 10.4 Å². The van der Waals surface area contributed by atoms with E-state index in [4.69, 9.17) is 9.84 Å². The van der Waals surface area contributed by atoms with Gasteiger partial charge in [-0.15, -0.1) is 0 Å². The Morgan fingerprint density at radius 2 is 2.32 bits per heavy atom. The van der Waals surface area contributed by atoms with Crippen molar-refractivity contribution in [3.63, 3.8) is 0 Å². The Morgan fingerprint density at radius 1 is 1.53 bits per heavy atom. The number of hydrogen-bond acceptors (Lipinski definition) is 4. The molecule has 0 spiro atoms. The molecule has 1 aromatic heterocycles. The van der Waals surface area contributed by atoms with E-state index in [9.17, 15) is 9.59 Å². The summed E-state index contributed by atoms with van der Waals surface area (Å²) in [5.41, 5.74) is 0.723. The Balaban J connectivity index is 2.28. The van der Waals surface area contributed by atoms with Gasteiger partial charge in [0.25, 0.3) is 0 Å². The topological polar surface area (TPSA) is 104 Å². The third-order valence-electron chi connectivity index (χ3n) is 2.36. The first kappa shape index (κ1) is 12.6. The number of aromatic carboxylic acids is 1. The number of anilines is 1.